The molecule has 76 valence electrons. The largest absolute Gasteiger partial charge is 0.481 e. The Morgan fingerprint density at radius 3 is 2.15 bits per heavy atom. The van der Waals surface area contributed by atoms with E-state index in [2.05, 4.69) is 0 Å². The summed E-state index contributed by atoms with van der Waals surface area (Å²) in [6.45, 7) is 1.60. The fourth-order valence-corrected chi connectivity index (χ4v) is 0.788. The zero-order valence-electron chi connectivity index (χ0n) is 8.02. The van der Waals surface area contributed by atoms with Crippen LogP contribution in [0.4, 0.5) is 4.79 Å². The summed E-state index contributed by atoms with van der Waals surface area (Å²) in [5.41, 5.74) is 5.04. The molecular formula is C7H15N3O3. The number of aliphatic carboxylic acids is 1. The number of nitrogens with zero attached hydrogens (tertiary/aromatic N) is 2. The van der Waals surface area contributed by atoms with Gasteiger partial charge in [-0.15, -0.1) is 0 Å². The monoisotopic (exact) mass is 189 g/mol. The molecule has 1 atom stereocenters. The van der Waals surface area contributed by atoms with E-state index in [4.69, 9.17) is 10.8 Å². The SMILES string of the molecule is CC(CN(C(N)=O)N(C)C)C(=O)O. The Morgan fingerprint density at radius 2 is 1.92 bits per heavy atom. The second-order valence-corrected chi connectivity index (χ2v) is 3.01. The number of hydrogen-bond donors (Lipinski definition) is 2. The van der Waals surface area contributed by atoms with Crippen LogP contribution >= 0.6 is 0 Å². The Balaban J connectivity index is 4.27. The van der Waals surface area contributed by atoms with Crippen molar-refractivity contribution in [2.24, 2.45) is 11.7 Å². The molecule has 0 aliphatic heterocycles. The van der Waals surface area contributed by atoms with Crippen LogP contribution in [0.3, 0.4) is 0 Å². The van der Waals surface area contributed by atoms with Crippen molar-refractivity contribution in [1.29, 1.82) is 0 Å². The number of carboxylic acids is 1. The highest BCUT2D eigenvalue weighted by Crippen LogP contribution is 2.01. The summed E-state index contributed by atoms with van der Waals surface area (Å²) in [5, 5.41) is 11.2. The number of hydrazine groups is 1. The van der Waals surface area contributed by atoms with Gasteiger partial charge in [0.15, 0.2) is 0 Å². The summed E-state index contributed by atoms with van der Waals surface area (Å²) in [6, 6.07) is -0.655. The molecule has 0 bridgehead atoms. The number of rotatable bonds is 4. The van der Waals surface area contributed by atoms with Gasteiger partial charge in [-0.3, -0.25) is 9.80 Å². The van der Waals surface area contributed by atoms with E-state index in [9.17, 15) is 9.59 Å². The van der Waals surface area contributed by atoms with Gasteiger partial charge in [0, 0.05) is 14.1 Å². The van der Waals surface area contributed by atoms with Gasteiger partial charge in [-0.2, -0.15) is 0 Å². The van der Waals surface area contributed by atoms with Crippen molar-refractivity contribution < 1.29 is 14.7 Å². The maximum absolute atomic E-state index is 10.8. The first-order valence-electron chi connectivity index (χ1n) is 3.83. The van der Waals surface area contributed by atoms with Gasteiger partial charge in [0.25, 0.3) is 0 Å². The third-order valence-electron chi connectivity index (χ3n) is 1.61. The van der Waals surface area contributed by atoms with Gasteiger partial charge in [-0.25, -0.2) is 9.80 Å². The fraction of sp³-hybridized carbons (Fsp3) is 0.714. The number of amides is 2. The number of primary amides is 1. The lowest BCUT2D eigenvalue weighted by Gasteiger charge is -2.28. The van der Waals surface area contributed by atoms with Crippen molar-refractivity contribution >= 4 is 12.0 Å². The highest BCUT2D eigenvalue weighted by molar-refractivity contribution is 5.74. The molecule has 0 spiro atoms. The summed E-state index contributed by atoms with van der Waals surface area (Å²) >= 11 is 0. The van der Waals surface area contributed by atoms with E-state index in [1.54, 1.807) is 14.1 Å². The van der Waals surface area contributed by atoms with E-state index >= 15 is 0 Å². The summed E-state index contributed by atoms with van der Waals surface area (Å²) in [4.78, 5) is 21.3. The molecule has 0 aromatic carbocycles. The van der Waals surface area contributed by atoms with E-state index in [0.717, 1.165) is 0 Å². The van der Waals surface area contributed by atoms with Gasteiger partial charge < -0.3 is 10.8 Å². The lowest BCUT2D eigenvalue weighted by molar-refractivity contribution is -0.142. The van der Waals surface area contributed by atoms with Crippen molar-refractivity contribution in [2.75, 3.05) is 20.6 Å². The first-order chi connectivity index (χ1) is 5.86. The predicted octanol–water partition coefficient (Wildman–Crippen LogP) is -0.436. The molecule has 3 N–H and O–H groups in total. The Kier molecular flexibility index (Phi) is 4.19. The van der Waals surface area contributed by atoms with Crippen LogP contribution in [0.25, 0.3) is 0 Å². The first-order valence-corrected chi connectivity index (χ1v) is 3.83. The third kappa shape index (κ3) is 3.75. The third-order valence-corrected chi connectivity index (χ3v) is 1.61. The van der Waals surface area contributed by atoms with Crippen LogP contribution < -0.4 is 5.73 Å². The highest BCUT2D eigenvalue weighted by Gasteiger charge is 2.19. The second-order valence-electron chi connectivity index (χ2n) is 3.01. The number of nitrogens with two attached hydrogens (primary N) is 1. The molecule has 2 amide bonds. The smallest absolute Gasteiger partial charge is 0.329 e. The van der Waals surface area contributed by atoms with Crippen LogP contribution in [-0.2, 0) is 4.79 Å². The molecule has 0 aliphatic rings. The van der Waals surface area contributed by atoms with E-state index in [0.29, 0.717) is 0 Å². The molecule has 13 heavy (non-hydrogen) atoms. The minimum absolute atomic E-state index is 0.0810. The van der Waals surface area contributed by atoms with Gasteiger partial charge in [0.05, 0.1) is 12.5 Å². The van der Waals surface area contributed by atoms with Gasteiger partial charge >= 0.3 is 12.0 Å². The normalized spacial score (nSPS) is 12.6. The van der Waals surface area contributed by atoms with Crippen LogP contribution in [0, 0.1) is 5.92 Å². The predicted molar refractivity (Wildman–Crippen MR) is 46.8 cm³/mol. The van der Waals surface area contributed by atoms with Crippen LogP contribution in [0.1, 0.15) is 6.92 Å². The Bertz CT molecular complexity index is 205. The van der Waals surface area contributed by atoms with Gasteiger partial charge in [-0.1, -0.05) is 6.92 Å². The zero-order valence-corrected chi connectivity index (χ0v) is 8.02. The number of carbonyl (C=O) groups is 2. The molecule has 1 unspecified atom stereocenters. The van der Waals surface area contributed by atoms with Crippen molar-refractivity contribution in [2.45, 2.75) is 6.92 Å². The number of carboxylic acid groups (broad SMARTS) is 1. The Labute approximate surface area is 76.9 Å². The molecule has 0 radical (unpaired) electrons. The van der Waals surface area contributed by atoms with Gasteiger partial charge in [0.1, 0.15) is 0 Å². The molecule has 6 heteroatoms. The highest BCUT2D eigenvalue weighted by atomic mass is 16.4. The lowest BCUT2D eigenvalue weighted by atomic mass is 10.2. The molecule has 0 fully saturated rings. The fourth-order valence-electron chi connectivity index (χ4n) is 0.788. The van der Waals surface area contributed by atoms with Crippen LogP contribution in [0.2, 0.25) is 0 Å². The second kappa shape index (κ2) is 4.66. The maximum atomic E-state index is 10.8. The average Bonchev–Trinajstić information content (AvgIpc) is 1.97. The van der Waals surface area contributed by atoms with Crippen molar-refractivity contribution in [3.8, 4) is 0 Å². The Morgan fingerprint density at radius 1 is 1.46 bits per heavy atom. The molecule has 0 aromatic rings. The van der Waals surface area contributed by atoms with E-state index in [1.807, 2.05) is 0 Å². The van der Waals surface area contributed by atoms with E-state index in [-0.39, 0.29) is 6.54 Å². The summed E-state index contributed by atoms with van der Waals surface area (Å²) in [7, 11) is 3.25. The van der Waals surface area contributed by atoms with Crippen LogP contribution in [0.15, 0.2) is 0 Å². The Hall–Kier alpha value is -1.30. The molecule has 0 aromatic heterocycles. The molecule has 0 rings (SSSR count). The average molecular weight is 189 g/mol. The van der Waals surface area contributed by atoms with Crippen molar-refractivity contribution in [1.82, 2.24) is 10.0 Å². The quantitative estimate of drug-likeness (QED) is 0.587. The van der Waals surface area contributed by atoms with E-state index in [1.165, 1.54) is 16.9 Å². The lowest BCUT2D eigenvalue weighted by Crippen LogP contribution is -2.48. The maximum Gasteiger partial charge on any atom is 0.329 e. The minimum Gasteiger partial charge on any atom is -0.481 e. The minimum atomic E-state index is -0.951. The number of hydrogen-bond acceptors (Lipinski definition) is 3. The molecule has 0 aliphatic carbocycles. The molecule has 0 saturated carbocycles. The van der Waals surface area contributed by atoms with Crippen molar-refractivity contribution in [3.05, 3.63) is 0 Å². The number of urea groups is 1. The molecule has 0 heterocycles. The first kappa shape index (κ1) is 11.7. The van der Waals surface area contributed by atoms with Crippen molar-refractivity contribution in [3.63, 3.8) is 0 Å². The summed E-state index contributed by atoms with van der Waals surface area (Å²) in [6.07, 6.45) is 0. The van der Waals surface area contributed by atoms with Gasteiger partial charge in [0.2, 0.25) is 0 Å². The summed E-state index contributed by atoms with van der Waals surface area (Å²) < 4.78 is 0. The molecule has 0 saturated heterocycles. The molecular weight excluding hydrogens is 174 g/mol. The topological polar surface area (TPSA) is 86.9 Å². The van der Waals surface area contributed by atoms with E-state index < -0.39 is 17.9 Å². The summed E-state index contributed by atoms with van der Waals surface area (Å²) in [5.74, 6) is -1.58. The standard InChI is InChI=1S/C7H15N3O3/c1-5(6(11)12)4-10(7(8)13)9(2)3/h5H,4H2,1-3H3,(H2,8,13)(H,11,12). The van der Waals surface area contributed by atoms with Crippen LogP contribution in [-0.4, -0.2) is 47.8 Å². The molecule has 6 nitrogen and oxygen atoms in total. The zero-order chi connectivity index (χ0) is 10.6. The number of carbonyl (C=O) groups excluding carboxylic acids is 1. The van der Waals surface area contributed by atoms with Crippen LogP contribution in [0.5, 0.6) is 0 Å². The van der Waals surface area contributed by atoms with Gasteiger partial charge in [-0.05, 0) is 0 Å².